The van der Waals surface area contributed by atoms with Gasteiger partial charge in [0.05, 0.1) is 6.33 Å². The zero-order valence-corrected chi connectivity index (χ0v) is 11.7. The molecule has 0 radical (unpaired) electrons. The number of anilines is 1. The lowest BCUT2D eigenvalue weighted by molar-refractivity contribution is -0.122. The van der Waals surface area contributed by atoms with E-state index >= 15 is 0 Å². The van der Waals surface area contributed by atoms with Gasteiger partial charge in [0.2, 0.25) is 11.9 Å². The van der Waals surface area contributed by atoms with E-state index in [2.05, 4.69) is 25.2 Å². The van der Waals surface area contributed by atoms with Gasteiger partial charge >= 0.3 is 0 Å². The molecule has 3 rings (SSSR count). The maximum Gasteiger partial charge on any atom is 0.240 e. The standard InChI is InChI=1S/C14H18N6O/c21-13(10-19-8-6-15-11-19)18-12-3-1-7-20(9-12)14-16-4-2-5-17-14/h2,4-6,8,11-12H,1,3,7,9-10H2,(H,18,21)/t12-/m1/s1. The zero-order chi connectivity index (χ0) is 14.5. The molecule has 0 aliphatic carbocycles. The van der Waals surface area contributed by atoms with Crippen LogP contribution in [0.4, 0.5) is 5.95 Å². The summed E-state index contributed by atoms with van der Waals surface area (Å²) in [6.07, 6.45) is 10.6. The number of hydrogen-bond donors (Lipinski definition) is 1. The Kier molecular flexibility index (Phi) is 4.09. The number of amides is 1. The van der Waals surface area contributed by atoms with Crippen molar-refractivity contribution >= 4 is 11.9 Å². The summed E-state index contributed by atoms with van der Waals surface area (Å²) in [6.45, 7) is 1.98. The number of piperidine rings is 1. The minimum absolute atomic E-state index is 0.00818. The van der Waals surface area contributed by atoms with Crippen LogP contribution in [0.2, 0.25) is 0 Å². The van der Waals surface area contributed by atoms with Crippen molar-refractivity contribution in [2.75, 3.05) is 18.0 Å². The molecule has 1 amide bonds. The van der Waals surface area contributed by atoms with E-state index in [1.165, 1.54) is 0 Å². The summed E-state index contributed by atoms with van der Waals surface area (Å²) in [7, 11) is 0. The first-order valence-electron chi connectivity index (χ1n) is 7.08. The second-order valence-corrected chi connectivity index (χ2v) is 5.14. The summed E-state index contributed by atoms with van der Waals surface area (Å²) in [5, 5.41) is 3.07. The fourth-order valence-corrected chi connectivity index (χ4v) is 2.55. The lowest BCUT2D eigenvalue weighted by atomic mass is 10.1. The molecule has 1 aliphatic rings. The van der Waals surface area contributed by atoms with Gasteiger partial charge in [-0.1, -0.05) is 0 Å². The van der Waals surface area contributed by atoms with Gasteiger partial charge in [0.15, 0.2) is 0 Å². The molecule has 21 heavy (non-hydrogen) atoms. The monoisotopic (exact) mass is 286 g/mol. The molecule has 0 bridgehead atoms. The topological polar surface area (TPSA) is 75.9 Å². The lowest BCUT2D eigenvalue weighted by Crippen LogP contribution is -2.49. The van der Waals surface area contributed by atoms with Gasteiger partial charge in [-0.15, -0.1) is 0 Å². The molecule has 0 spiro atoms. The number of imidazole rings is 1. The third-order valence-electron chi connectivity index (χ3n) is 3.51. The van der Waals surface area contributed by atoms with Gasteiger partial charge < -0.3 is 14.8 Å². The molecule has 0 aromatic carbocycles. The number of nitrogens with zero attached hydrogens (tertiary/aromatic N) is 5. The molecule has 1 saturated heterocycles. The third-order valence-corrected chi connectivity index (χ3v) is 3.51. The van der Waals surface area contributed by atoms with Crippen LogP contribution in [-0.4, -0.2) is 44.6 Å². The quantitative estimate of drug-likeness (QED) is 0.883. The van der Waals surface area contributed by atoms with E-state index in [0.29, 0.717) is 6.54 Å². The van der Waals surface area contributed by atoms with Crippen molar-refractivity contribution in [2.24, 2.45) is 0 Å². The molecule has 7 nitrogen and oxygen atoms in total. The summed E-state index contributed by atoms with van der Waals surface area (Å²) in [4.78, 5) is 26.6. The van der Waals surface area contributed by atoms with Crippen LogP contribution in [0.5, 0.6) is 0 Å². The van der Waals surface area contributed by atoms with Crippen LogP contribution in [-0.2, 0) is 11.3 Å². The predicted molar refractivity (Wildman–Crippen MR) is 77.6 cm³/mol. The van der Waals surface area contributed by atoms with E-state index < -0.39 is 0 Å². The van der Waals surface area contributed by atoms with E-state index in [9.17, 15) is 4.79 Å². The molecule has 0 saturated carbocycles. The highest BCUT2D eigenvalue weighted by Gasteiger charge is 2.22. The number of carbonyl (C=O) groups excluding carboxylic acids is 1. The normalized spacial score (nSPS) is 18.5. The van der Waals surface area contributed by atoms with Crippen LogP contribution < -0.4 is 10.2 Å². The predicted octanol–water partition coefficient (Wildman–Crippen LogP) is 0.458. The van der Waals surface area contributed by atoms with Crippen molar-refractivity contribution < 1.29 is 4.79 Å². The summed E-state index contributed by atoms with van der Waals surface area (Å²) in [5.41, 5.74) is 0. The number of aromatic nitrogens is 4. The Balaban J connectivity index is 1.55. The van der Waals surface area contributed by atoms with Gasteiger partial charge in [-0.25, -0.2) is 15.0 Å². The van der Waals surface area contributed by atoms with Crippen molar-refractivity contribution in [3.63, 3.8) is 0 Å². The average molecular weight is 286 g/mol. The van der Waals surface area contributed by atoms with Crippen LogP contribution >= 0.6 is 0 Å². The fraction of sp³-hybridized carbons (Fsp3) is 0.429. The molecule has 2 aromatic heterocycles. The van der Waals surface area contributed by atoms with Crippen LogP contribution in [0.1, 0.15) is 12.8 Å². The minimum Gasteiger partial charge on any atom is -0.350 e. The largest absolute Gasteiger partial charge is 0.350 e. The minimum atomic E-state index is 0.00818. The van der Waals surface area contributed by atoms with Gasteiger partial charge in [-0.3, -0.25) is 4.79 Å². The highest BCUT2D eigenvalue weighted by molar-refractivity contribution is 5.76. The molecule has 110 valence electrons. The Morgan fingerprint density at radius 2 is 2.19 bits per heavy atom. The van der Waals surface area contributed by atoms with Gasteiger partial charge in [0, 0.05) is 43.9 Å². The number of carbonyl (C=O) groups is 1. The molecular weight excluding hydrogens is 268 g/mol. The van der Waals surface area contributed by atoms with Crippen LogP contribution in [0.15, 0.2) is 37.2 Å². The number of rotatable bonds is 4. The van der Waals surface area contributed by atoms with Crippen molar-refractivity contribution in [1.82, 2.24) is 24.8 Å². The fourth-order valence-electron chi connectivity index (χ4n) is 2.55. The van der Waals surface area contributed by atoms with E-state index in [0.717, 1.165) is 31.9 Å². The van der Waals surface area contributed by atoms with E-state index in [-0.39, 0.29) is 11.9 Å². The van der Waals surface area contributed by atoms with E-state index in [1.54, 1.807) is 41.7 Å². The molecule has 1 N–H and O–H groups in total. The first-order valence-corrected chi connectivity index (χ1v) is 7.08. The van der Waals surface area contributed by atoms with E-state index in [4.69, 9.17) is 0 Å². The van der Waals surface area contributed by atoms with Crippen LogP contribution in [0.3, 0.4) is 0 Å². The van der Waals surface area contributed by atoms with Gasteiger partial charge in [-0.05, 0) is 18.9 Å². The molecule has 0 unspecified atom stereocenters. The highest BCUT2D eigenvalue weighted by atomic mass is 16.2. The second-order valence-electron chi connectivity index (χ2n) is 5.14. The molecule has 2 aromatic rings. The molecule has 1 aliphatic heterocycles. The Bertz CT molecular complexity index is 570. The van der Waals surface area contributed by atoms with Gasteiger partial charge in [0.25, 0.3) is 0 Å². The maximum absolute atomic E-state index is 12.0. The SMILES string of the molecule is O=C(Cn1ccnc1)N[C@@H]1CCCN(c2ncccn2)C1. The Labute approximate surface area is 123 Å². The highest BCUT2D eigenvalue weighted by Crippen LogP contribution is 2.15. The van der Waals surface area contributed by atoms with Crippen molar-refractivity contribution in [3.05, 3.63) is 37.2 Å². The van der Waals surface area contributed by atoms with Crippen molar-refractivity contribution in [1.29, 1.82) is 0 Å². The number of hydrogen-bond acceptors (Lipinski definition) is 5. The summed E-state index contributed by atoms with van der Waals surface area (Å²) in [5.74, 6) is 0.736. The summed E-state index contributed by atoms with van der Waals surface area (Å²) in [6, 6.07) is 1.94. The van der Waals surface area contributed by atoms with Crippen LogP contribution in [0.25, 0.3) is 0 Å². The molecule has 1 atom stereocenters. The third kappa shape index (κ3) is 3.56. The van der Waals surface area contributed by atoms with E-state index in [1.807, 2.05) is 0 Å². The maximum atomic E-state index is 12.0. The van der Waals surface area contributed by atoms with Crippen molar-refractivity contribution in [2.45, 2.75) is 25.4 Å². The summed E-state index contributed by atoms with van der Waals surface area (Å²) >= 11 is 0. The molecule has 7 heteroatoms. The van der Waals surface area contributed by atoms with Gasteiger partial charge in [0.1, 0.15) is 6.54 Å². The number of nitrogens with one attached hydrogen (secondary N) is 1. The molecule has 1 fully saturated rings. The first kappa shape index (κ1) is 13.5. The summed E-state index contributed by atoms with van der Waals surface area (Å²) < 4.78 is 1.76. The van der Waals surface area contributed by atoms with Crippen LogP contribution in [0, 0.1) is 0 Å². The average Bonchev–Trinajstić information content (AvgIpc) is 3.01. The Hall–Kier alpha value is -2.44. The zero-order valence-electron chi connectivity index (χ0n) is 11.7. The smallest absolute Gasteiger partial charge is 0.240 e. The first-order chi connectivity index (χ1) is 10.3. The Morgan fingerprint density at radius 3 is 2.95 bits per heavy atom. The van der Waals surface area contributed by atoms with Gasteiger partial charge in [-0.2, -0.15) is 0 Å². The second kappa shape index (κ2) is 6.34. The molecular formula is C14H18N6O. The Morgan fingerprint density at radius 1 is 1.33 bits per heavy atom. The lowest BCUT2D eigenvalue weighted by Gasteiger charge is -2.33. The molecule has 3 heterocycles. The van der Waals surface area contributed by atoms with Crippen molar-refractivity contribution in [3.8, 4) is 0 Å².